The third-order valence-electron chi connectivity index (χ3n) is 5.45. The van der Waals surface area contributed by atoms with Gasteiger partial charge < -0.3 is 10.5 Å². The molecule has 1 unspecified atom stereocenters. The fourth-order valence-corrected chi connectivity index (χ4v) is 4.62. The first-order chi connectivity index (χ1) is 16.7. The molecule has 2 aromatic carbocycles. The number of ether oxygens (including phenoxy) is 1. The lowest BCUT2D eigenvalue weighted by molar-refractivity contribution is 0.266. The van der Waals surface area contributed by atoms with Gasteiger partial charge in [0.15, 0.2) is 0 Å². The van der Waals surface area contributed by atoms with Crippen LogP contribution >= 0.6 is 0 Å². The van der Waals surface area contributed by atoms with Gasteiger partial charge in [-0.15, -0.1) is 5.11 Å². The maximum absolute atomic E-state index is 11.7. The van der Waals surface area contributed by atoms with E-state index in [1.54, 1.807) is 39.2 Å². The Morgan fingerprint density at radius 3 is 2.03 bits per heavy atom. The maximum atomic E-state index is 11.7. The molecule has 0 fully saturated rings. The number of benzene rings is 2. The largest absolute Gasteiger partial charge is 0.499 e. The summed E-state index contributed by atoms with van der Waals surface area (Å²) in [5, 5.41) is 16.7. The van der Waals surface area contributed by atoms with Crippen molar-refractivity contribution < 1.29 is 30.7 Å². The molecule has 3 rings (SSSR count). The SMILES string of the molecule is COC1=C(N)C=C(C)C(N=Nc2cc(C)c(N=Nc3ccc(S(=O)(=O)O)cc3S(=O)(=O)O)cc2C)C1. The Hall–Kier alpha value is -3.46. The van der Waals surface area contributed by atoms with Gasteiger partial charge in [-0.05, 0) is 73.9 Å². The van der Waals surface area contributed by atoms with Crippen LogP contribution in [-0.2, 0) is 25.0 Å². The summed E-state index contributed by atoms with van der Waals surface area (Å²) < 4.78 is 70.0. The van der Waals surface area contributed by atoms with Crippen molar-refractivity contribution in [2.24, 2.45) is 26.2 Å². The van der Waals surface area contributed by atoms with Crippen LogP contribution in [0.1, 0.15) is 24.5 Å². The molecule has 4 N–H and O–H groups in total. The highest BCUT2D eigenvalue weighted by atomic mass is 32.2. The number of nitrogens with zero attached hydrogens (tertiary/aromatic N) is 4. The molecule has 14 heteroatoms. The van der Waals surface area contributed by atoms with E-state index in [1.165, 1.54) is 0 Å². The Morgan fingerprint density at radius 1 is 0.889 bits per heavy atom. The molecule has 0 radical (unpaired) electrons. The van der Waals surface area contributed by atoms with Gasteiger partial charge in [0.1, 0.15) is 16.3 Å². The fraction of sp³-hybridized carbons (Fsp3) is 0.273. The predicted octanol–water partition coefficient (Wildman–Crippen LogP) is 4.83. The Balaban J connectivity index is 1.91. The summed E-state index contributed by atoms with van der Waals surface area (Å²) in [6, 6.07) is 5.74. The minimum atomic E-state index is -4.86. The molecule has 192 valence electrons. The Labute approximate surface area is 208 Å². The van der Waals surface area contributed by atoms with Gasteiger partial charge >= 0.3 is 0 Å². The molecule has 1 atom stereocenters. The fourth-order valence-electron chi connectivity index (χ4n) is 3.39. The minimum Gasteiger partial charge on any atom is -0.499 e. The second-order valence-corrected chi connectivity index (χ2v) is 10.9. The number of azo groups is 2. The minimum absolute atomic E-state index is 0.226. The molecule has 0 saturated heterocycles. The second-order valence-electron chi connectivity index (χ2n) is 8.11. The summed E-state index contributed by atoms with van der Waals surface area (Å²) in [4.78, 5) is -1.53. The van der Waals surface area contributed by atoms with Crippen LogP contribution in [0.25, 0.3) is 0 Å². The van der Waals surface area contributed by atoms with Gasteiger partial charge in [-0.1, -0.05) is 0 Å². The van der Waals surface area contributed by atoms with E-state index in [0.717, 1.165) is 23.3 Å². The summed E-state index contributed by atoms with van der Waals surface area (Å²) in [6.07, 6.45) is 2.29. The van der Waals surface area contributed by atoms with Crippen LogP contribution in [0.5, 0.6) is 0 Å². The molecular weight excluding hydrogens is 510 g/mol. The molecule has 0 heterocycles. The summed E-state index contributed by atoms with van der Waals surface area (Å²) in [6.45, 7) is 5.45. The van der Waals surface area contributed by atoms with Crippen molar-refractivity contribution in [2.75, 3.05) is 7.11 Å². The quantitative estimate of drug-likeness (QED) is 0.331. The molecule has 0 amide bonds. The van der Waals surface area contributed by atoms with E-state index >= 15 is 0 Å². The van der Waals surface area contributed by atoms with Gasteiger partial charge in [-0.3, -0.25) is 9.11 Å². The maximum Gasteiger partial charge on any atom is 0.296 e. The standard InChI is InChI=1S/C22H25N5O7S2/c1-12-7-16(23)21(34-4)11-20(12)27-26-19-9-13(2)18(8-14(19)3)25-24-17-6-5-15(35(28,29)30)10-22(17)36(31,32)33/h5-10,20H,11,23H2,1-4H3,(H,28,29,30)(H,31,32,33). The van der Waals surface area contributed by atoms with E-state index in [4.69, 9.17) is 15.0 Å². The van der Waals surface area contributed by atoms with Crippen molar-refractivity contribution in [1.82, 2.24) is 0 Å². The van der Waals surface area contributed by atoms with Crippen LogP contribution in [0, 0.1) is 13.8 Å². The molecule has 1 aliphatic rings. The molecule has 0 bridgehead atoms. The number of allylic oxidation sites excluding steroid dienone is 1. The summed E-state index contributed by atoms with van der Waals surface area (Å²) >= 11 is 0. The highest BCUT2D eigenvalue weighted by Gasteiger charge is 2.22. The number of methoxy groups -OCH3 is 1. The highest BCUT2D eigenvalue weighted by molar-refractivity contribution is 7.86. The van der Waals surface area contributed by atoms with Crippen LogP contribution in [0.3, 0.4) is 0 Å². The summed E-state index contributed by atoms with van der Waals surface area (Å²) in [5.41, 5.74) is 9.49. The molecule has 0 saturated carbocycles. The molecule has 0 aliphatic heterocycles. The van der Waals surface area contributed by atoms with Gasteiger partial charge in [0.25, 0.3) is 20.2 Å². The third-order valence-corrected chi connectivity index (χ3v) is 7.18. The molecule has 1 aliphatic carbocycles. The predicted molar refractivity (Wildman–Crippen MR) is 131 cm³/mol. The summed E-state index contributed by atoms with van der Waals surface area (Å²) in [7, 11) is -8.01. The van der Waals surface area contributed by atoms with Gasteiger partial charge in [0.2, 0.25) is 0 Å². The molecular formula is C22H25N5O7S2. The third kappa shape index (κ3) is 6.20. The van der Waals surface area contributed by atoms with Crippen LogP contribution in [0.2, 0.25) is 0 Å². The first-order valence-electron chi connectivity index (χ1n) is 10.4. The highest BCUT2D eigenvalue weighted by Crippen LogP contribution is 2.33. The number of rotatable bonds is 7. The van der Waals surface area contributed by atoms with Crippen LogP contribution < -0.4 is 5.73 Å². The zero-order chi connectivity index (χ0) is 26.8. The second kappa shape index (κ2) is 10.3. The number of hydrogen-bond donors (Lipinski definition) is 3. The molecule has 12 nitrogen and oxygen atoms in total. The lowest BCUT2D eigenvalue weighted by Crippen LogP contribution is -2.17. The van der Waals surface area contributed by atoms with E-state index in [9.17, 15) is 21.4 Å². The van der Waals surface area contributed by atoms with Crippen LogP contribution in [0.15, 0.2) is 83.7 Å². The molecule has 0 aromatic heterocycles. The average molecular weight is 536 g/mol. The lowest BCUT2D eigenvalue weighted by Gasteiger charge is -2.20. The van der Waals surface area contributed by atoms with E-state index in [0.29, 0.717) is 40.9 Å². The monoisotopic (exact) mass is 535 g/mol. The average Bonchev–Trinajstić information content (AvgIpc) is 2.78. The lowest BCUT2D eigenvalue weighted by atomic mass is 9.98. The van der Waals surface area contributed by atoms with Crippen molar-refractivity contribution in [3.8, 4) is 0 Å². The normalized spacial score (nSPS) is 17.2. The van der Waals surface area contributed by atoms with Crippen molar-refractivity contribution in [3.05, 3.63) is 64.6 Å². The van der Waals surface area contributed by atoms with Gasteiger partial charge in [-0.2, -0.15) is 32.2 Å². The first kappa shape index (κ1) is 27.1. The smallest absolute Gasteiger partial charge is 0.296 e. The Kier molecular flexibility index (Phi) is 7.73. The molecule has 2 aromatic rings. The Bertz CT molecular complexity index is 1540. The zero-order valence-corrected chi connectivity index (χ0v) is 21.5. The van der Waals surface area contributed by atoms with E-state index in [-0.39, 0.29) is 11.7 Å². The van der Waals surface area contributed by atoms with Crippen molar-refractivity contribution in [2.45, 2.75) is 43.0 Å². The van der Waals surface area contributed by atoms with Crippen molar-refractivity contribution in [1.29, 1.82) is 0 Å². The van der Waals surface area contributed by atoms with Gasteiger partial charge in [0, 0.05) is 6.42 Å². The van der Waals surface area contributed by atoms with Gasteiger partial charge in [0.05, 0.1) is 35.1 Å². The molecule has 36 heavy (non-hydrogen) atoms. The number of aryl methyl sites for hydroxylation is 2. The number of hydrogen-bond acceptors (Lipinski definition) is 10. The van der Waals surface area contributed by atoms with Gasteiger partial charge in [-0.25, -0.2) is 0 Å². The summed E-state index contributed by atoms with van der Waals surface area (Å²) in [5.74, 6) is 0.641. The van der Waals surface area contributed by atoms with E-state index in [2.05, 4.69) is 20.5 Å². The van der Waals surface area contributed by atoms with E-state index in [1.807, 2.05) is 6.92 Å². The van der Waals surface area contributed by atoms with Crippen LogP contribution in [-0.4, -0.2) is 39.1 Å². The van der Waals surface area contributed by atoms with Crippen molar-refractivity contribution in [3.63, 3.8) is 0 Å². The first-order valence-corrected chi connectivity index (χ1v) is 13.3. The van der Waals surface area contributed by atoms with E-state index < -0.39 is 30.0 Å². The molecule has 0 spiro atoms. The van der Waals surface area contributed by atoms with Crippen molar-refractivity contribution >= 4 is 37.3 Å². The van der Waals surface area contributed by atoms with Crippen LogP contribution in [0.4, 0.5) is 17.1 Å². The topological polar surface area (TPSA) is 193 Å². The Morgan fingerprint density at radius 2 is 1.47 bits per heavy atom. The number of nitrogens with two attached hydrogens (primary N) is 1. The zero-order valence-electron chi connectivity index (χ0n) is 19.9.